The molecule has 0 aromatic heterocycles. The highest BCUT2D eigenvalue weighted by atomic mass is 32.2. The highest BCUT2D eigenvalue weighted by Crippen LogP contribution is 2.32. The molecule has 2 fully saturated rings. The molecule has 2 heterocycles. The summed E-state index contributed by atoms with van der Waals surface area (Å²) in [7, 11) is 0. The highest BCUT2D eigenvalue weighted by molar-refractivity contribution is 8.00. The van der Waals surface area contributed by atoms with Crippen molar-refractivity contribution in [3.63, 3.8) is 0 Å². The topological polar surface area (TPSA) is 25.1 Å². The van der Waals surface area contributed by atoms with E-state index in [1.165, 1.54) is 19.6 Å². The first-order valence-corrected chi connectivity index (χ1v) is 10.5. The van der Waals surface area contributed by atoms with Crippen LogP contribution in [0.25, 0.3) is 0 Å². The molecular weight excluding hydrogens is 344 g/mol. The molecule has 0 radical (unpaired) electrons. The molecule has 0 aliphatic carbocycles. The monoisotopic (exact) mass is 362 g/mol. The molecule has 4 rings (SSSR count). The first-order chi connectivity index (χ1) is 11.3. The molecule has 2 atom stereocenters. The van der Waals surface area contributed by atoms with E-state index in [4.69, 9.17) is 9.47 Å². The lowest BCUT2D eigenvalue weighted by atomic mass is 10.4. The maximum Gasteiger partial charge on any atom is 0.0903 e. The predicted octanol–water partition coefficient (Wildman–Crippen LogP) is 4.82. The second-order valence-corrected chi connectivity index (χ2v) is 8.91. The Morgan fingerprint density at radius 3 is 1.35 bits per heavy atom. The Bertz CT molecular complexity index is 577. The first kappa shape index (κ1) is 15.9. The van der Waals surface area contributed by atoms with Gasteiger partial charge < -0.3 is 9.47 Å². The third-order valence-corrected chi connectivity index (χ3v) is 6.86. The van der Waals surface area contributed by atoms with E-state index in [0.717, 1.165) is 24.7 Å². The maximum atomic E-state index is 5.24. The number of thioether (sulfide) groups is 2. The molecule has 23 heavy (non-hydrogen) atoms. The number of ether oxygens (including phenoxy) is 2. The van der Waals surface area contributed by atoms with Crippen molar-refractivity contribution < 1.29 is 9.47 Å². The third kappa shape index (κ3) is 5.19. The van der Waals surface area contributed by atoms with Gasteiger partial charge in [-0.1, -0.05) is 11.8 Å². The number of benzene rings is 2. The summed E-state index contributed by atoms with van der Waals surface area (Å²) in [6.45, 7) is 1.87. The Kier molecular flexibility index (Phi) is 5.21. The summed E-state index contributed by atoms with van der Waals surface area (Å²) in [5.41, 5.74) is 0. The van der Waals surface area contributed by atoms with Crippen molar-refractivity contribution in [3.8, 4) is 0 Å². The summed E-state index contributed by atoms with van der Waals surface area (Å²) in [6, 6.07) is 17.6. The average molecular weight is 363 g/mol. The van der Waals surface area contributed by atoms with Gasteiger partial charge >= 0.3 is 0 Å². The molecule has 5 heteroatoms. The lowest BCUT2D eigenvalue weighted by Crippen LogP contribution is -1.88. The fourth-order valence-electron chi connectivity index (χ4n) is 2.05. The molecule has 2 aromatic carbocycles. The van der Waals surface area contributed by atoms with E-state index in [1.807, 2.05) is 35.3 Å². The Morgan fingerprint density at radius 2 is 1.00 bits per heavy atom. The summed E-state index contributed by atoms with van der Waals surface area (Å²) in [5.74, 6) is 2.13. The minimum atomic E-state index is 0.483. The standard InChI is InChI=1S/C18H18O2S3/c1-5-17(6-2-15(1)21-11-13-9-19-13)23-18-7-3-16(4-8-18)22-12-14-10-20-14/h1-8,13-14H,9-12H2. The van der Waals surface area contributed by atoms with Crippen LogP contribution >= 0.6 is 35.3 Å². The van der Waals surface area contributed by atoms with Gasteiger partial charge in [0, 0.05) is 31.1 Å². The lowest BCUT2D eigenvalue weighted by Gasteiger charge is -2.05. The van der Waals surface area contributed by atoms with Crippen LogP contribution in [0.4, 0.5) is 0 Å². The van der Waals surface area contributed by atoms with Crippen molar-refractivity contribution in [2.24, 2.45) is 0 Å². The quantitative estimate of drug-likeness (QED) is 0.495. The van der Waals surface area contributed by atoms with Gasteiger partial charge in [-0.05, 0) is 48.5 Å². The molecule has 0 N–H and O–H groups in total. The Morgan fingerprint density at radius 1 is 0.652 bits per heavy atom. The minimum Gasteiger partial charge on any atom is -0.372 e. The SMILES string of the molecule is c1cc(Sc2ccc(SCC3CO3)cc2)ccc1SCC1CO1. The number of hydrogen-bond donors (Lipinski definition) is 0. The Hall–Kier alpha value is -0.590. The summed E-state index contributed by atoms with van der Waals surface area (Å²) < 4.78 is 10.5. The van der Waals surface area contributed by atoms with Gasteiger partial charge in [-0.15, -0.1) is 23.5 Å². The Balaban J connectivity index is 1.29. The third-order valence-electron chi connectivity index (χ3n) is 3.56. The molecule has 2 aliphatic heterocycles. The summed E-state index contributed by atoms with van der Waals surface area (Å²) in [6.07, 6.45) is 0.967. The largest absolute Gasteiger partial charge is 0.372 e. The van der Waals surface area contributed by atoms with Gasteiger partial charge in [0.2, 0.25) is 0 Å². The lowest BCUT2D eigenvalue weighted by molar-refractivity contribution is 0.426. The molecule has 0 amide bonds. The molecule has 2 unspecified atom stereocenters. The van der Waals surface area contributed by atoms with E-state index < -0.39 is 0 Å². The van der Waals surface area contributed by atoms with E-state index in [1.54, 1.807) is 0 Å². The van der Waals surface area contributed by atoms with Crippen LogP contribution in [0.1, 0.15) is 0 Å². The van der Waals surface area contributed by atoms with Crippen LogP contribution in [0.15, 0.2) is 68.1 Å². The number of hydrogen-bond acceptors (Lipinski definition) is 5. The van der Waals surface area contributed by atoms with Crippen molar-refractivity contribution >= 4 is 35.3 Å². The number of epoxide rings is 2. The van der Waals surface area contributed by atoms with Crippen LogP contribution in [0, 0.1) is 0 Å². The molecule has 0 bridgehead atoms. The normalized spacial score (nSPS) is 22.1. The van der Waals surface area contributed by atoms with Gasteiger partial charge in [0.25, 0.3) is 0 Å². The van der Waals surface area contributed by atoms with E-state index in [2.05, 4.69) is 48.5 Å². The maximum absolute atomic E-state index is 5.24. The summed E-state index contributed by atoms with van der Waals surface area (Å²) in [4.78, 5) is 5.20. The highest BCUT2D eigenvalue weighted by Gasteiger charge is 2.22. The van der Waals surface area contributed by atoms with Gasteiger partial charge in [-0.3, -0.25) is 0 Å². The molecule has 0 spiro atoms. The van der Waals surface area contributed by atoms with Crippen LogP contribution in [0.3, 0.4) is 0 Å². The smallest absolute Gasteiger partial charge is 0.0903 e. The first-order valence-electron chi connectivity index (χ1n) is 7.72. The zero-order valence-corrected chi connectivity index (χ0v) is 15.1. The van der Waals surface area contributed by atoms with Crippen molar-refractivity contribution in [1.29, 1.82) is 0 Å². The fourth-order valence-corrected chi connectivity index (χ4v) is 4.67. The summed E-state index contributed by atoms with van der Waals surface area (Å²) in [5, 5.41) is 0. The molecule has 2 nitrogen and oxygen atoms in total. The van der Waals surface area contributed by atoms with Crippen LogP contribution < -0.4 is 0 Å². The zero-order chi connectivity index (χ0) is 15.5. The molecule has 2 saturated heterocycles. The van der Waals surface area contributed by atoms with Crippen LogP contribution in [-0.2, 0) is 9.47 Å². The minimum absolute atomic E-state index is 0.483. The van der Waals surface area contributed by atoms with Gasteiger partial charge in [-0.2, -0.15) is 0 Å². The van der Waals surface area contributed by atoms with Gasteiger partial charge in [0.1, 0.15) is 0 Å². The van der Waals surface area contributed by atoms with Crippen molar-refractivity contribution in [1.82, 2.24) is 0 Å². The molecule has 2 aliphatic rings. The number of rotatable bonds is 8. The van der Waals surface area contributed by atoms with Gasteiger partial charge in [-0.25, -0.2) is 0 Å². The van der Waals surface area contributed by atoms with Crippen LogP contribution in [0.2, 0.25) is 0 Å². The van der Waals surface area contributed by atoms with E-state index >= 15 is 0 Å². The fraction of sp³-hybridized carbons (Fsp3) is 0.333. The predicted molar refractivity (Wildman–Crippen MR) is 97.9 cm³/mol. The van der Waals surface area contributed by atoms with E-state index in [-0.39, 0.29) is 0 Å². The van der Waals surface area contributed by atoms with Crippen LogP contribution in [0.5, 0.6) is 0 Å². The second-order valence-electron chi connectivity index (χ2n) is 5.58. The molecular formula is C18H18O2S3. The van der Waals surface area contributed by atoms with Gasteiger partial charge in [0.05, 0.1) is 25.4 Å². The molecule has 0 saturated carbocycles. The van der Waals surface area contributed by atoms with E-state index in [9.17, 15) is 0 Å². The Labute approximate surface area is 149 Å². The summed E-state index contributed by atoms with van der Waals surface area (Å²) >= 11 is 5.56. The van der Waals surface area contributed by atoms with Crippen molar-refractivity contribution in [2.75, 3.05) is 24.7 Å². The molecule has 2 aromatic rings. The average Bonchev–Trinajstić information content (AvgIpc) is 3.48. The van der Waals surface area contributed by atoms with Crippen molar-refractivity contribution in [3.05, 3.63) is 48.5 Å². The van der Waals surface area contributed by atoms with Crippen molar-refractivity contribution in [2.45, 2.75) is 31.8 Å². The molecule has 120 valence electrons. The second kappa shape index (κ2) is 7.53. The zero-order valence-electron chi connectivity index (χ0n) is 12.6. The van der Waals surface area contributed by atoms with Gasteiger partial charge in [0.15, 0.2) is 0 Å². The van der Waals surface area contributed by atoms with E-state index in [0.29, 0.717) is 12.2 Å². The van der Waals surface area contributed by atoms with Crippen LogP contribution in [-0.4, -0.2) is 36.9 Å².